The number of carboxylic acid groups (broad SMARTS) is 1. The van der Waals surface area contributed by atoms with Crippen molar-refractivity contribution in [2.45, 2.75) is 51.7 Å². The molecule has 2 atom stereocenters. The number of hydrogen-bond donors (Lipinski definition) is 1. The van der Waals surface area contributed by atoms with E-state index >= 15 is 0 Å². The van der Waals surface area contributed by atoms with E-state index in [2.05, 4.69) is 6.92 Å². The van der Waals surface area contributed by atoms with E-state index in [1.165, 1.54) is 4.90 Å². The molecule has 1 fully saturated rings. The summed E-state index contributed by atoms with van der Waals surface area (Å²) in [5.41, 5.74) is 0. The van der Waals surface area contributed by atoms with E-state index in [1.807, 2.05) is 0 Å². The molecular formula is C12H21NO4. The molecule has 1 rings (SSSR count). The van der Waals surface area contributed by atoms with Gasteiger partial charge in [0, 0.05) is 13.2 Å². The van der Waals surface area contributed by atoms with Crippen molar-refractivity contribution in [3.8, 4) is 0 Å². The van der Waals surface area contributed by atoms with Crippen LogP contribution in [0.15, 0.2) is 0 Å². The second-order valence-corrected chi connectivity index (χ2v) is 4.39. The van der Waals surface area contributed by atoms with Gasteiger partial charge in [0.05, 0.1) is 0 Å². The lowest BCUT2D eigenvalue weighted by Gasteiger charge is -2.24. The largest absolute Gasteiger partial charge is 0.480 e. The lowest BCUT2D eigenvalue weighted by molar-refractivity contribution is -0.153. The number of rotatable bonds is 6. The molecule has 0 bridgehead atoms. The summed E-state index contributed by atoms with van der Waals surface area (Å²) in [5, 5.41) is 8.99. The highest BCUT2D eigenvalue weighted by molar-refractivity contribution is 5.86. The predicted octanol–water partition coefficient (Wildman–Crippen LogP) is 1.27. The van der Waals surface area contributed by atoms with Crippen molar-refractivity contribution in [1.82, 2.24) is 4.90 Å². The number of hydrogen-bond acceptors (Lipinski definition) is 3. The monoisotopic (exact) mass is 243 g/mol. The average Bonchev–Trinajstić information content (AvgIpc) is 2.77. The van der Waals surface area contributed by atoms with E-state index < -0.39 is 18.1 Å². The van der Waals surface area contributed by atoms with Crippen LogP contribution in [0, 0.1) is 0 Å². The number of amides is 1. The van der Waals surface area contributed by atoms with Crippen molar-refractivity contribution < 1.29 is 19.4 Å². The molecule has 1 saturated heterocycles. The molecule has 0 spiro atoms. The van der Waals surface area contributed by atoms with Gasteiger partial charge in [-0.15, -0.1) is 0 Å². The highest BCUT2D eigenvalue weighted by Crippen LogP contribution is 2.19. The van der Waals surface area contributed by atoms with Crippen LogP contribution in [0.1, 0.15) is 39.5 Å². The lowest BCUT2D eigenvalue weighted by atomic mass is 10.2. The maximum Gasteiger partial charge on any atom is 0.326 e. The Morgan fingerprint density at radius 1 is 1.53 bits per heavy atom. The van der Waals surface area contributed by atoms with Gasteiger partial charge in [-0.2, -0.15) is 0 Å². The van der Waals surface area contributed by atoms with Gasteiger partial charge in [0.1, 0.15) is 12.1 Å². The zero-order chi connectivity index (χ0) is 12.8. The molecule has 0 radical (unpaired) electrons. The number of ether oxygens (including phenoxy) is 1. The molecule has 1 unspecified atom stereocenters. The summed E-state index contributed by atoms with van der Waals surface area (Å²) >= 11 is 0. The van der Waals surface area contributed by atoms with Crippen molar-refractivity contribution >= 4 is 11.9 Å². The Bertz CT molecular complexity index is 280. The van der Waals surface area contributed by atoms with Crippen LogP contribution in [0.25, 0.3) is 0 Å². The second kappa shape index (κ2) is 6.59. The minimum Gasteiger partial charge on any atom is -0.480 e. The fraction of sp³-hybridized carbons (Fsp3) is 0.833. The number of unbranched alkanes of at least 4 members (excludes halogenated alkanes) is 1. The molecule has 1 amide bonds. The van der Waals surface area contributed by atoms with Crippen molar-refractivity contribution in [2.24, 2.45) is 0 Å². The molecule has 0 aliphatic carbocycles. The molecular weight excluding hydrogens is 222 g/mol. The molecule has 1 aliphatic heterocycles. The van der Waals surface area contributed by atoms with E-state index in [9.17, 15) is 9.59 Å². The van der Waals surface area contributed by atoms with Crippen LogP contribution in [0.4, 0.5) is 0 Å². The number of nitrogens with zero attached hydrogens (tertiary/aromatic N) is 1. The Morgan fingerprint density at radius 3 is 2.82 bits per heavy atom. The van der Waals surface area contributed by atoms with Crippen LogP contribution in [-0.4, -0.2) is 47.2 Å². The highest BCUT2D eigenvalue weighted by atomic mass is 16.5. The number of carboxylic acids is 1. The van der Waals surface area contributed by atoms with Gasteiger partial charge in [-0.25, -0.2) is 4.79 Å². The third-order valence-corrected chi connectivity index (χ3v) is 3.03. The molecule has 1 N–H and O–H groups in total. The van der Waals surface area contributed by atoms with Gasteiger partial charge in [-0.1, -0.05) is 13.3 Å². The Morgan fingerprint density at radius 2 is 2.24 bits per heavy atom. The maximum atomic E-state index is 12.0. The maximum absolute atomic E-state index is 12.0. The fourth-order valence-electron chi connectivity index (χ4n) is 2.00. The summed E-state index contributed by atoms with van der Waals surface area (Å²) < 4.78 is 5.40. The quantitative estimate of drug-likeness (QED) is 0.713. The Hall–Kier alpha value is -1.10. The summed E-state index contributed by atoms with van der Waals surface area (Å²) in [6.07, 6.45) is 2.69. The summed E-state index contributed by atoms with van der Waals surface area (Å²) in [4.78, 5) is 24.4. The standard InChI is InChI=1S/C12H21NO4/c1-3-4-8-17-9(2)11(14)13-7-5-6-10(13)12(15)16/h9-10H,3-8H2,1-2H3,(H,15,16)/t9?,10-/m0/s1. The normalized spacial score (nSPS) is 21.5. The molecule has 0 aromatic rings. The van der Waals surface area contributed by atoms with Crippen LogP contribution < -0.4 is 0 Å². The van der Waals surface area contributed by atoms with Crippen LogP contribution in [0.3, 0.4) is 0 Å². The van der Waals surface area contributed by atoms with Gasteiger partial charge < -0.3 is 14.7 Å². The van der Waals surface area contributed by atoms with E-state index in [0.29, 0.717) is 19.6 Å². The number of likely N-dealkylation sites (tertiary alicyclic amines) is 1. The highest BCUT2D eigenvalue weighted by Gasteiger charge is 2.35. The topological polar surface area (TPSA) is 66.8 Å². The molecule has 98 valence electrons. The SMILES string of the molecule is CCCCOC(C)C(=O)N1CCC[C@H]1C(=O)O. The minimum absolute atomic E-state index is 0.203. The van der Waals surface area contributed by atoms with Crippen molar-refractivity contribution in [2.75, 3.05) is 13.2 Å². The minimum atomic E-state index is -0.920. The van der Waals surface area contributed by atoms with E-state index in [0.717, 1.165) is 19.3 Å². The number of carbonyl (C=O) groups excluding carboxylic acids is 1. The first-order valence-electron chi connectivity index (χ1n) is 6.22. The van der Waals surface area contributed by atoms with Crippen LogP contribution in [-0.2, 0) is 14.3 Å². The molecule has 5 nitrogen and oxygen atoms in total. The molecule has 0 aromatic carbocycles. The second-order valence-electron chi connectivity index (χ2n) is 4.39. The van der Waals surface area contributed by atoms with Crippen LogP contribution in [0.5, 0.6) is 0 Å². The van der Waals surface area contributed by atoms with Gasteiger partial charge in [-0.3, -0.25) is 4.79 Å². The molecule has 0 aromatic heterocycles. The predicted molar refractivity (Wildman–Crippen MR) is 62.7 cm³/mol. The molecule has 5 heteroatoms. The van der Waals surface area contributed by atoms with E-state index in [1.54, 1.807) is 6.92 Å². The van der Waals surface area contributed by atoms with Gasteiger partial charge in [-0.05, 0) is 26.2 Å². The van der Waals surface area contributed by atoms with Crippen molar-refractivity contribution in [1.29, 1.82) is 0 Å². The first kappa shape index (κ1) is 14.0. The molecule has 17 heavy (non-hydrogen) atoms. The number of carbonyl (C=O) groups is 2. The summed E-state index contributed by atoms with van der Waals surface area (Å²) in [7, 11) is 0. The van der Waals surface area contributed by atoms with Gasteiger partial charge >= 0.3 is 5.97 Å². The van der Waals surface area contributed by atoms with Crippen LogP contribution in [0.2, 0.25) is 0 Å². The lowest BCUT2D eigenvalue weighted by Crippen LogP contribution is -2.45. The van der Waals surface area contributed by atoms with E-state index in [4.69, 9.17) is 9.84 Å². The third-order valence-electron chi connectivity index (χ3n) is 3.03. The van der Waals surface area contributed by atoms with Crippen LogP contribution >= 0.6 is 0 Å². The summed E-state index contributed by atoms with van der Waals surface area (Å²) in [5.74, 6) is -1.12. The smallest absolute Gasteiger partial charge is 0.326 e. The fourth-order valence-corrected chi connectivity index (χ4v) is 2.00. The average molecular weight is 243 g/mol. The molecule has 1 aliphatic rings. The Kier molecular flexibility index (Phi) is 5.41. The number of aliphatic carboxylic acids is 1. The first-order valence-corrected chi connectivity index (χ1v) is 6.22. The Labute approximate surface area is 102 Å². The molecule has 1 heterocycles. The van der Waals surface area contributed by atoms with Gasteiger partial charge in [0.15, 0.2) is 0 Å². The summed E-state index contributed by atoms with van der Waals surface area (Å²) in [6.45, 7) is 4.82. The third kappa shape index (κ3) is 3.70. The Balaban J connectivity index is 2.47. The van der Waals surface area contributed by atoms with Crippen molar-refractivity contribution in [3.05, 3.63) is 0 Å². The zero-order valence-corrected chi connectivity index (χ0v) is 10.5. The summed E-state index contributed by atoms with van der Waals surface area (Å²) in [6, 6.07) is -0.667. The molecule has 0 saturated carbocycles. The van der Waals surface area contributed by atoms with Crippen molar-refractivity contribution in [3.63, 3.8) is 0 Å². The zero-order valence-electron chi connectivity index (χ0n) is 10.5. The van der Waals surface area contributed by atoms with Gasteiger partial charge in [0.2, 0.25) is 0 Å². The van der Waals surface area contributed by atoms with Gasteiger partial charge in [0.25, 0.3) is 5.91 Å². The van der Waals surface area contributed by atoms with E-state index in [-0.39, 0.29) is 5.91 Å². The first-order chi connectivity index (χ1) is 8.07.